The van der Waals surface area contributed by atoms with Gasteiger partial charge in [-0.15, -0.1) is 11.3 Å². The van der Waals surface area contributed by atoms with Crippen molar-refractivity contribution in [3.8, 4) is 5.69 Å². The van der Waals surface area contributed by atoms with E-state index in [-0.39, 0.29) is 0 Å². The lowest BCUT2D eigenvalue weighted by Gasteiger charge is -2.10. The monoisotopic (exact) mass is 399 g/mol. The van der Waals surface area contributed by atoms with E-state index < -0.39 is 0 Å². The Balaban J connectivity index is 1.74. The summed E-state index contributed by atoms with van der Waals surface area (Å²) in [6.07, 6.45) is 0. The molecule has 0 saturated heterocycles. The second-order valence-electron chi connectivity index (χ2n) is 7.82. The zero-order valence-electron chi connectivity index (χ0n) is 16.2. The summed E-state index contributed by atoms with van der Waals surface area (Å²) in [5.74, 6) is 0. The van der Waals surface area contributed by atoms with Crippen molar-refractivity contribution >= 4 is 64.1 Å². The van der Waals surface area contributed by atoms with Crippen LogP contribution in [0.25, 0.3) is 58.4 Å². The van der Waals surface area contributed by atoms with Crippen molar-refractivity contribution in [2.24, 2.45) is 0 Å². The van der Waals surface area contributed by atoms with Gasteiger partial charge in [-0.2, -0.15) is 0 Å². The zero-order chi connectivity index (χ0) is 19.7. The highest BCUT2D eigenvalue weighted by Gasteiger charge is 2.17. The average molecular weight is 400 g/mol. The van der Waals surface area contributed by atoms with E-state index >= 15 is 0 Å². The Morgan fingerprint density at radius 1 is 0.533 bits per heavy atom. The molecule has 0 radical (unpaired) electrons. The summed E-state index contributed by atoms with van der Waals surface area (Å²) < 4.78 is 5.14. The van der Waals surface area contributed by atoms with Crippen LogP contribution in [0.15, 0.2) is 103 Å². The molecule has 0 aliphatic heterocycles. The van der Waals surface area contributed by atoms with Crippen LogP contribution in [0.4, 0.5) is 0 Å². The molecule has 0 N–H and O–H groups in total. The van der Waals surface area contributed by atoms with Gasteiger partial charge in [0.15, 0.2) is 0 Å². The van der Waals surface area contributed by atoms with Crippen molar-refractivity contribution in [3.05, 3.63) is 103 Å². The maximum Gasteiger partial charge on any atom is 0.0634 e. The molecule has 0 spiro atoms. The number of rotatable bonds is 1. The van der Waals surface area contributed by atoms with Crippen molar-refractivity contribution in [2.75, 3.05) is 0 Å². The second kappa shape index (κ2) is 5.94. The first-order valence-electron chi connectivity index (χ1n) is 10.2. The fourth-order valence-corrected chi connectivity index (χ4v) is 5.96. The van der Waals surface area contributed by atoms with Crippen LogP contribution in [0.5, 0.6) is 0 Å². The van der Waals surface area contributed by atoms with Gasteiger partial charge in [-0.25, -0.2) is 0 Å². The molecule has 1 nitrogen and oxygen atoms in total. The molecule has 0 amide bonds. The van der Waals surface area contributed by atoms with Gasteiger partial charge in [-0.3, -0.25) is 0 Å². The second-order valence-corrected chi connectivity index (χ2v) is 8.90. The Kier molecular flexibility index (Phi) is 3.21. The molecule has 2 heterocycles. The first-order valence-corrected chi connectivity index (χ1v) is 11.0. The predicted octanol–water partition coefficient (Wildman–Crippen LogP) is 8.30. The summed E-state index contributed by atoms with van der Waals surface area (Å²) in [4.78, 5) is 0. The minimum atomic E-state index is 1.21. The fourth-order valence-electron chi connectivity index (χ4n) is 4.85. The first-order chi connectivity index (χ1) is 14.9. The maximum atomic E-state index is 2.46. The lowest BCUT2D eigenvalue weighted by atomic mass is 10.1. The maximum absolute atomic E-state index is 2.46. The van der Waals surface area contributed by atoms with E-state index in [2.05, 4.69) is 108 Å². The van der Waals surface area contributed by atoms with Crippen LogP contribution in [-0.2, 0) is 0 Å². The van der Waals surface area contributed by atoms with Crippen LogP contribution in [0, 0.1) is 0 Å². The molecule has 0 atom stereocenters. The van der Waals surface area contributed by atoms with Crippen LogP contribution in [0.2, 0.25) is 0 Å². The minimum Gasteiger partial charge on any atom is -0.309 e. The molecule has 2 heteroatoms. The van der Waals surface area contributed by atoms with Gasteiger partial charge < -0.3 is 4.57 Å². The zero-order valence-corrected chi connectivity index (χ0v) is 17.0. The molecule has 2 aromatic heterocycles. The van der Waals surface area contributed by atoms with E-state index in [1.54, 1.807) is 0 Å². The molecular weight excluding hydrogens is 382 g/mol. The molecule has 0 aliphatic carbocycles. The van der Waals surface area contributed by atoms with Crippen molar-refractivity contribution < 1.29 is 0 Å². The summed E-state index contributed by atoms with van der Waals surface area (Å²) >= 11 is 1.88. The van der Waals surface area contributed by atoms with Gasteiger partial charge in [-0.1, -0.05) is 72.8 Å². The van der Waals surface area contributed by atoms with E-state index in [1.807, 2.05) is 11.3 Å². The smallest absolute Gasteiger partial charge is 0.0634 e. The average Bonchev–Trinajstić information content (AvgIpc) is 3.34. The summed E-state index contributed by atoms with van der Waals surface area (Å²) in [5, 5.41) is 7.86. The lowest BCUT2D eigenvalue weighted by molar-refractivity contribution is 1.19. The molecule has 0 unspecified atom stereocenters. The van der Waals surface area contributed by atoms with Gasteiger partial charge in [0.05, 0.1) is 11.0 Å². The molecule has 5 aromatic carbocycles. The van der Waals surface area contributed by atoms with Crippen LogP contribution < -0.4 is 0 Å². The molecule has 0 aliphatic rings. The highest BCUT2D eigenvalue weighted by Crippen LogP contribution is 2.42. The normalized spacial score (nSPS) is 12.0. The van der Waals surface area contributed by atoms with Crippen LogP contribution in [-0.4, -0.2) is 4.57 Å². The van der Waals surface area contributed by atoms with Crippen LogP contribution in [0.3, 0.4) is 0 Å². The van der Waals surface area contributed by atoms with Gasteiger partial charge in [-0.05, 0) is 41.1 Å². The van der Waals surface area contributed by atoms with Crippen molar-refractivity contribution in [1.82, 2.24) is 4.57 Å². The summed E-state index contributed by atoms with van der Waals surface area (Å²) in [5.41, 5.74) is 3.77. The van der Waals surface area contributed by atoms with E-state index in [4.69, 9.17) is 0 Å². The number of para-hydroxylation sites is 1. The third-order valence-electron chi connectivity index (χ3n) is 6.17. The Morgan fingerprint density at radius 2 is 1.30 bits per heavy atom. The Morgan fingerprint density at radius 3 is 2.23 bits per heavy atom. The summed E-state index contributed by atoms with van der Waals surface area (Å²) in [7, 11) is 0. The number of thiophene rings is 1. The number of nitrogens with zero attached hydrogens (tertiary/aromatic N) is 1. The number of hydrogen-bond acceptors (Lipinski definition) is 1. The fraction of sp³-hybridized carbons (Fsp3) is 0. The molecule has 140 valence electrons. The topological polar surface area (TPSA) is 4.93 Å². The molecule has 0 fully saturated rings. The molecule has 7 rings (SSSR count). The van der Waals surface area contributed by atoms with Crippen LogP contribution in [0.1, 0.15) is 0 Å². The van der Waals surface area contributed by atoms with Gasteiger partial charge in [0.1, 0.15) is 0 Å². The van der Waals surface area contributed by atoms with E-state index in [0.717, 1.165) is 0 Å². The Hall–Kier alpha value is -3.62. The quantitative estimate of drug-likeness (QED) is 0.262. The van der Waals surface area contributed by atoms with Gasteiger partial charge >= 0.3 is 0 Å². The Bertz CT molecular complexity index is 1750. The van der Waals surface area contributed by atoms with Crippen molar-refractivity contribution in [2.45, 2.75) is 0 Å². The van der Waals surface area contributed by atoms with Crippen LogP contribution >= 0.6 is 11.3 Å². The number of benzene rings is 5. The van der Waals surface area contributed by atoms with Crippen molar-refractivity contribution in [1.29, 1.82) is 0 Å². The number of aromatic nitrogens is 1. The SMILES string of the molecule is c1ccc2cc(-n3c4ccccc4c4ccc5sc6ccccc6c5c43)ccc2c1. The van der Waals surface area contributed by atoms with E-state index in [9.17, 15) is 0 Å². The third kappa shape index (κ3) is 2.11. The highest BCUT2D eigenvalue weighted by molar-refractivity contribution is 7.26. The standard InChI is InChI=1S/C28H17NS/c1-2-8-19-17-20(14-13-18(19)7-1)29-24-11-5-3-9-21(24)22-15-16-26-27(28(22)29)23-10-4-6-12-25(23)30-26/h1-17H. The number of fused-ring (bicyclic) bond motifs is 8. The minimum absolute atomic E-state index is 1.21. The molecular formula is C28H17NS. The largest absolute Gasteiger partial charge is 0.309 e. The van der Waals surface area contributed by atoms with E-state index in [0.29, 0.717) is 0 Å². The molecule has 30 heavy (non-hydrogen) atoms. The van der Waals surface area contributed by atoms with Crippen molar-refractivity contribution in [3.63, 3.8) is 0 Å². The molecule has 7 aromatic rings. The third-order valence-corrected chi connectivity index (χ3v) is 7.30. The van der Waals surface area contributed by atoms with Gasteiger partial charge in [0, 0.05) is 36.6 Å². The summed E-state index contributed by atoms with van der Waals surface area (Å²) in [6.45, 7) is 0. The highest BCUT2D eigenvalue weighted by atomic mass is 32.1. The molecule has 0 bridgehead atoms. The number of hydrogen-bond donors (Lipinski definition) is 0. The predicted molar refractivity (Wildman–Crippen MR) is 131 cm³/mol. The molecule has 0 saturated carbocycles. The van der Waals surface area contributed by atoms with E-state index in [1.165, 1.54) is 58.4 Å². The lowest BCUT2D eigenvalue weighted by Crippen LogP contribution is -1.94. The van der Waals surface area contributed by atoms with Gasteiger partial charge in [0.2, 0.25) is 0 Å². The Labute approximate surface area is 177 Å². The summed E-state index contributed by atoms with van der Waals surface area (Å²) in [6, 6.07) is 37.5. The first kappa shape index (κ1) is 16.2. The van der Waals surface area contributed by atoms with Gasteiger partial charge in [0.25, 0.3) is 0 Å².